The first-order chi connectivity index (χ1) is 6.40. The summed E-state index contributed by atoms with van der Waals surface area (Å²) >= 11 is 1.64. The molecular weight excluding hydrogens is 182 g/mol. The fourth-order valence-corrected chi connectivity index (χ4v) is 1.94. The molecule has 0 aliphatic rings. The molecule has 0 spiro atoms. The van der Waals surface area contributed by atoms with Crippen LogP contribution in [0.1, 0.15) is 12.0 Å². The zero-order valence-corrected chi connectivity index (χ0v) is 7.88. The van der Waals surface area contributed by atoms with E-state index in [4.69, 9.17) is 0 Å². The number of nitrogens with zero attached hydrogens (tertiary/aromatic N) is 1. The molecule has 0 unspecified atom stereocenters. The number of fused-ring (bicyclic) bond motifs is 1. The topological polar surface area (TPSA) is 30.0 Å². The summed E-state index contributed by atoms with van der Waals surface area (Å²) in [5.41, 5.74) is 4.06. The molecule has 0 saturated carbocycles. The number of thiazole rings is 1. The second-order valence-corrected chi connectivity index (χ2v) is 3.75. The molecule has 2 aromatic rings. The highest BCUT2D eigenvalue weighted by Crippen LogP contribution is 2.19. The fourth-order valence-electron chi connectivity index (χ4n) is 1.28. The van der Waals surface area contributed by atoms with E-state index in [2.05, 4.69) is 23.2 Å². The number of hydrogen-bond donors (Lipinski definition) is 0. The molecule has 0 N–H and O–H groups in total. The minimum atomic E-state index is 0.593. The summed E-state index contributed by atoms with van der Waals surface area (Å²) in [7, 11) is 0. The summed E-state index contributed by atoms with van der Waals surface area (Å²) in [5.74, 6) is 0. The van der Waals surface area contributed by atoms with Crippen LogP contribution in [0.4, 0.5) is 0 Å². The molecule has 0 radical (unpaired) electrons. The Kier molecular flexibility index (Phi) is 2.36. The molecular formula is C10H9NOS. The molecule has 1 aromatic heterocycles. The van der Waals surface area contributed by atoms with Crippen molar-refractivity contribution in [3.8, 4) is 0 Å². The summed E-state index contributed by atoms with van der Waals surface area (Å²) in [6, 6.07) is 6.17. The van der Waals surface area contributed by atoms with E-state index in [0.717, 1.165) is 18.2 Å². The van der Waals surface area contributed by atoms with Gasteiger partial charge < -0.3 is 4.79 Å². The first-order valence-electron chi connectivity index (χ1n) is 4.16. The second-order valence-electron chi connectivity index (χ2n) is 2.86. The van der Waals surface area contributed by atoms with E-state index in [1.54, 1.807) is 11.3 Å². The molecule has 1 aromatic carbocycles. The van der Waals surface area contributed by atoms with E-state index >= 15 is 0 Å². The van der Waals surface area contributed by atoms with Gasteiger partial charge in [0.15, 0.2) is 0 Å². The molecule has 0 saturated heterocycles. The second kappa shape index (κ2) is 3.66. The van der Waals surface area contributed by atoms with E-state index in [1.807, 2.05) is 5.51 Å². The van der Waals surface area contributed by atoms with Crippen molar-refractivity contribution in [2.24, 2.45) is 0 Å². The van der Waals surface area contributed by atoms with Crippen molar-refractivity contribution in [1.29, 1.82) is 0 Å². The number of aryl methyl sites for hydroxylation is 1. The van der Waals surface area contributed by atoms with Gasteiger partial charge >= 0.3 is 0 Å². The predicted octanol–water partition coefficient (Wildman–Crippen LogP) is 2.43. The summed E-state index contributed by atoms with van der Waals surface area (Å²) in [6.45, 7) is 0. The van der Waals surface area contributed by atoms with Crippen LogP contribution in [0.25, 0.3) is 10.2 Å². The van der Waals surface area contributed by atoms with Gasteiger partial charge in [0.05, 0.1) is 15.7 Å². The molecule has 1 heterocycles. The zero-order chi connectivity index (χ0) is 9.10. The average Bonchev–Trinajstić information content (AvgIpc) is 2.61. The van der Waals surface area contributed by atoms with Crippen molar-refractivity contribution < 1.29 is 4.79 Å². The molecule has 2 nitrogen and oxygen atoms in total. The summed E-state index contributed by atoms with van der Waals surface area (Å²) in [5, 5.41) is 0. The van der Waals surface area contributed by atoms with Crippen molar-refractivity contribution in [3.63, 3.8) is 0 Å². The molecule has 0 fully saturated rings. The average molecular weight is 191 g/mol. The highest BCUT2D eigenvalue weighted by atomic mass is 32.1. The van der Waals surface area contributed by atoms with Gasteiger partial charge in [-0.3, -0.25) is 0 Å². The van der Waals surface area contributed by atoms with Crippen LogP contribution < -0.4 is 0 Å². The largest absolute Gasteiger partial charge is 0.303 e. The van der Waals surface area contributed by atoms with E-state index in [9.17, 15) is 4.79 Å². The Balaban J connectivity index is 2.31. The van der Waals surface area contributed by atoms with Crippen LogP contribution in [0.5, 0.6) is 0 Å². The molecule has 0 bridgehead atoms. The van der Waals surface area contributed by atoms with E-state index in [0.29, 0.717) is 6.42 Å². The fraction of sp³-hybridized carbons (Fsp3) is 0.200. The Bertz CT molecular complexity index is 422. The molecule has 0 atom stereocenters. The maximum Gasteiger partial charge on any atom is 0.120 e. The van der Waals surface area contributed by atoms with E-state index in [-0.39, 0.29) is 0 Å². The number of aldehydes is 1. The Morgan fingerprint density at radius 1 is 1.46 bits per heavy atom. The van der Waals surface area contributed by atoms with Crippen LogP contribution >= 0.6 is 11.3 Å². The molecule has 66 valence electrons. The minimum Gasteiger partial charge on any atom is -0.303 e. The smallest absolute Gasteiger partial charge is 0.120 e. The lowest BCUT2D eigenvalue weighted by atomic mass is 10.1. The normalized spacial score (nSPS) is 10.5. The quantitative estimate of drug-likeness (QED) is 0.697. The van der Waals surface area contributed by atoms with Crippen LogP contribution in [-0.2, 0) is 11.2 Å². The number of aromatic nitrogens is 1. The van der Waals surface area contributed by atoms with Crippen LogP contribution in [0.15, 0.2) is 23.7 Å². The first-order valence-corrected chi connectivity index (χ1v) is 5.04. The Morgan fingerprint density at radius 3 is 3.23 bits per heavy atom. The third-order valence-corrected chi connectivity index (χ3v) is 2.76. The van der Waals surface area contributed by atoms with Gasteiger partial charge in [-0.25, -0.2) is 4.98 Å². The van der Waals surface area contributed by atoms with Gasteiger partial charge in [-0.15, -0.1) is 11.3 Å². The van der Waals surface area contributed by atoms with E-state index < -0.39 is 0 Å². The Labute approximate surface area is 80.2 Å². The SMILES string of the molecule is O=CCCc1ccc2scnc2c1. The number of hydrogen-bond acceptors (Lipinski definition) is 3. The van der Waals surface area contributed by atoms with Gasteiger partial charge in [-0.1, -0.05) is 6.07 Å². The van der Waals surface area contributed by atoms with Crippen molar-refractivity contribution in [3.05, 3.63) is 29.3 Å². The molecule has 13 heavy (non-hydrogen) atoms. The van der Waals surface area contributed by atoms with Crippen LogP contribution in [0.2, 0.25) is 0 Å². The predicted molar refractivity (Wildman–Crippen MR) is 54.0 cm³/mol. The van der Waals surface area contributed by atoms with Gasteiger partial charge in [0.2, 0.25) is 0 Å². The maximum absolute atomic E-state index is 10.2. The lowest BCUT2D eigenvalue weighted by molar-refractivity contribution is -0.107. The van der Waals surface area contributed by atoms with Crippen LogP contribution in [0, 0.1) is 0 Å². The van der Waals surface area contributed by atoms with E-state index in [1.165, 1.54) is 10.3 Å². The lowest BCUT2D eigenvalue weighted by Crippen LogP contribution is -1.85. The number of carbonyl (C=O) groups excluding carboxylic acids is 1. The highest BCUT2D eigenvalue weighted by molar-refractivity contribution is 7.16. The zero-order valence-electron chi connectivity index (χ0n) is 7.06. The first kappa shape index (κ1) is 8.38. The monoisotopic (exact) mass is 191 g/mol. The number of carbonyl (C=O) groups is 1. The molecule has 0 amide bonds. The highest BCUT2D eigenvalue weighted by Gasteiger charge is 1.97. The van der Waals surface area contributed by atoms with Gasteiger partial charge in [-0.2, -0.15) is 0 Å². The lowest BCUT2D eigenvalue weighted by Gasteiger charge is -1.96. The van der Waals surface area contributed by atoms with Crippen molar-refractivity contribution in [2.45, 2.75) is 12.8 Å². The van der Waals surface area contributed by atoms with Gasteiger partial charge in [0.1, 0.15) is 6.29 Å². The Hall–Kier alpha value is -1.22. The molecule has 0 aliphatic heterocycles. The van der Waals surface area contributed by atoms with Gasteiger partial charge in [0, 0.05) is 6.42 Å². The minimum absolute atomic E-state index is 0.593. The molecule has 0 aliphatic carbocycles. The summed E-state index contributed by atoms with van der Waals surface area (Å²) in [6.07, 6.45) is 2.36. The standard InChI is InChI=1S/C10H9NOS/c12-5-1-2-8-3-4-10-9(6-8)11-7-13-10/h3-7H,1-2H2. The van der Waals surface area contributed by atoms with Crippen LogP contribution in [-0.4, -0.2) is 11.3 Å². The third kappa shape index (κ3) is 1.75. The van der Waals surface area contributed by atoms with Crippen LogP contribution in [0.3, 0.4) is 0 Å². The van der Waals surface area contributed by atoms with Gasteiger partial charge in [-0.05, 0) is 24.1 Å². The number of benzene rings is 1. The summed E-state index contributed by atoms with van der Waals surface area (Å²) in [4.78, 5) is 14.4. The van der Waals surface area contributed by atoms with Crippen molar-refractivity contribution >= 4 is 27.8 Å². The summed E-state index contributed by atoms with van der Waals surface area (Å²) < 4.78 is 1.20. The molecule has 3 heteroatoms. The molecule has 2 rings (SSSR count). The third-order valence-electron chi connectivity index (χ3n) is 1.95. The van der Waals surface area contributed by atoms with Gasteiger partial charge in [0.25, 0.3) is 0 Å². The number of rotatable bonds is 3. The van der Waals surface area contributed by atoms with Crippen molar-refractivity contribution in [2.75, 3.05) is 0 Å². The maximum atomic E-state index is 10.2. The Morgan fingerprint density at radius 2 is 2.38 bits per heavy atom. The van der Waals surface area contributed by atoms with Crippen molar-refractivity contribution in [1.82, 2.24) is 4.98 Å².